The number of sulfonamides is 1. The summed E-state index contributed by atoms with van der Waals surface area (Å²) in [5.74, 6) is 0.309. The maximum atomic E-state index is 11.9. The Morgan fingerprint density at radius 1 is 1.31 bits per heavy atom. The summed E-state index contributed by atoms with van der Waals surface area (Å²) in [7, 11) is -3.34. The van der Waals surface area contributed by atoms with E-state index in [0.29, 0.717) is 17.4 Å². The van der Waals surface area contributed by atoms with Gasteiger partial charge in [-0.05, 0) is 30.0 Å². The van der Waals surface area contributed by atoms with Crippen LogP contribution in [0.3, 0.4) is 0 Å². The van der Waals surface area contributed by atoms with Crippen molar-refractivity contribution in [3.8, 4) is 0 Å². The zero-order chi connectivity index (χ0) is 12.2. The monoisotopic (exact) mass is 241 g/mol. The SMILES string of the molecule is CCc1cccc(S(=O)(=O)NCC(C)C)c1. The summed E-state index contributed by atoms with van der Waals surface area (Å²) in [4.78, 5) is 0.354. The van der Waals surface area contributed by atoms with Crippen molar-refractivity contribution in [1.29, 1.82) is 0 Å². The highest BCUT2D eigenvalue weighted by molar-refractivity contribution is 7.89. The van der Waals surface area contributed by atoms with E-state index < -0.39 is 10.0 Å². The molecule has 0 heterocycles. The molecule has 0 radical (unpaired) electrons. The average Bonchev–Trinajstić information content (AvgIpc) is 2.27. The van der Waals surface area contributed by atoms with Gasteiger partial charge in [-0.3, -0.25) is 0 Å². The van der Waals surface area contributed by atoms with Crippen LogP contribution in [0.25, 0.3) is 0 Å². The molecule has 90 valence electrons. The normalized spacial score (nSPS) is 12.0. The molecule has 0 spiro atoms. The topological polar surface area (TPSA) is 46.2 Å². The minimum atomic E-state index is -3.34. The van der Waals surface area contributed by atoms with Crippen molar-refractivity contribution in [2.45, 2.75) is 32.1 Å². The maximum absolute atomic E-state index is 11.9. The summed E-state index contributed by atoms with van der Waals surface area (Å²) >= 11 is 0. The Bertz CT molecular complexity index is 438. The van der Waals surface area contributed by atoms with Crippen molar-refractivity contribution < 1.29 is 8.42 Å². The Kier molecular flexibility index (Phi) is 4.50. The van der Waals surface area contributed by atoms with Gasteiger partial charge in [0.2, 0.25) is 10.0 Å². The summed E-state index contributed by atoms with van der Waals surface area (Å²) in [6.45, 7) is 6.43. The maximum Gasteiger partial charge on any atom is 0.240 e. The van der Waals surface area contributed by atoms with Gasteiger partial charge in [0.1, 0.15) is 0 Å². The van der Waals surface area contributed by atoms with Crippen molar-refractivity contribution in [3.05, 3.63) is 29.8 Å². The van der Waals surface area contributed by atoms with Gasteiger partial charge in [-0.25, -0.2) is 13.1 Å². The molecule has 0 atom stereocenters. The minimum absolute atomic E-state index is 0.309. The zero-order valence-corrected chi connectivity index (χ0v) is 10.8. The van der Waals surface area contributed by atoms with E-state index in [1.807, 2.05) is 26.8 Å². The molecule has 0 aliphatic heterocycles. The Hall–Kier alpha value is -0.870. The van der Waals surface area contributed by atoms with Crippen molar-refractivity contribution >= 4 is 10.0 Å². The number of hydrogen-bond donors (Lipinski definition) is 1. The summed E-state index contributed by atoms with van der Waals surface area (Å²) in [5, 5.41) is 0. The van der Waals surface area contributed by atoms with Gasteiger partial charge in [0, 0.05) is 6.54 Å². The minimum Gasteiger partial charge on any atom is -0.211 e. The predicted molar refractivity (Wildman–Crippen MR) is 65.8 cm³/mol. The van der Waals surface area contributed by atoms with Gasteiger partial charge in [0.05, 0.1) is 4.90 Å². The number of benzene rings is 1. The molecule has 4 heteroatoms. The highest BCUT2D eigenvalue weighted by Crippen LogP contribution is 2.12. The first-order chi connectivity index (χ1) is 7.45. The summed E-state index contributed by atoms with van der Waals surface area (Å²) in [5.41, 5.74) is 1.03. The van der Waals surface area contributed by atoms with E-state index in [9.17, 15) is 8.42 Å². The van der Waals surface area contributed by atoms with Gasteiger partial charge in [-0.15, -0.1) is 0 Å². The average molecular weight is 241 g/mol. The van der Waals surface area contributed by atoms with Crippen molar-refractivity contribution in [3.63, 3.8) is 0 Å². The lowest BCUT2D eigenvalue weighted by molar-refractivity contribution is 0.560. The molecule has 0 bridgehead atoms. The summed E-state index contributed by atoms with van der Waals surface area (Å²) in [6, 6.07) is 7.06. The van der Waals surface area contributed by atoms with Gasteiger partial charge in [-0.2, -0.15) is 0 Å². The smallest absolute Gasteiger partial charge is 0.211 e. The molecule has 1 rings (SSSR count). The van der Waals surface area contributed by atoms with Crippen LogP contribution in [0.5, 0.6) is 0 Å². The standard InChI is InChI=1S/C12H19NO2S/c1-4-11-6-5-7-12(8-11)16(14,15)13-9-10(2)3/h5-8,10,13H,4,9H2,1-3H3. The van der Waals surface area contributed by atoms with Crippen molar-refractivity contribution in [2.75, 3.05) is 6.54 Å². The van der Waals surface area contributed by atoms with Gasteiger partial charge < -0.3 is 0 Å². The Morgan fingerprint density at radius 3 is 2.56 bits per heavy atom. The molecule has 1 N–H and O–H groups in total. The predicted octanol–water partition coefficient (Wildman–Crippen LogP) is 2.18. The third-order valence-electron chi connectivity index (χ3n) is 2.30. The fourth-order valence-corrected chi connectivity index (χ4v) is 2.58. The second-order valence-electron chi connectivity index (χ2n) is 4.25. The Morgan fingerprint density at radius 2 is 2.00 bits per heavy atom. The molecule has 0 fully saturated rings. The van der Waals surface area contributed by atoms with Crippen LogP contribution in [-0.2, 0) is 16.4 Å². The molecule has 16 heavy (non-hydrogen) atoms. The van der Waals surface area contributed by atoms with Gasteiger partial charge in [-0.1, -0.05) is 32.9 Å². The Balaban J connectivity index is 2.89. The summed E-state index contributed by atoms with van der Waals surface area (Å²) in [6.07, 6.45) is 0.841. The van der Waals surface area contributed by atoms with E-state index in [1.54, 1.807) is 18.2 Å². The molecule has 0 amide bonds. The molecule has 0 unspecified atom stereocenters. The van der Waals surface area contributed by atoms with Crippen molar-refractivity contribution in [2.24, 2.45) is 5.92 Å². The molecule has 0 aromatic heterocycles. The lowest BCUT2D eigenvalue weighted by atomic mass is 10.2. The fraction of sp³-hybridized carbons (Fsp3) is 0.500. The fourth-order valence-electron chi connectivity index (χ4n) is 1.29. The largest absolute Gasteiger partial charge is 0.240 e. The molecule has 0 aliphatic rings. The number of nitrogens with one attached hydrogen (secondary N) is 1. The first-order valence-corrected chi connectivity index (χ1v) is 7.02. The lowest BCUT2D eigenvalue weighted by Gasteiger charge is -2.09. The van der Waals surface area contributed by atoms with Crippen molar-refractivity contribution in [1.82, 2.24) is 4.72 Å². The molecular formula is C12H19NO2S. The van der Waals surface area contributed by atoms with Crippen LogP contribution < -0.4 is 4.72 Å². The number of aryl methyl sites for hydroxylation is 1. The molecule has 1 aromatic rings. The van der Waals surface area contributed by atoms with Crippen LogP contribution in [0.4, 0.5) is 0 Å². The Labute approximate surface area is 97.9 Å². The third-order valence-corrected chi connectivity index (χ3v) is 3.72. The second kappa shape index (κ2) is 5.46. The second-order valence-corrected chi connectivity index (χ2v) is 6.01. The van der Waals surface area contributed by atoms with E-state index in [0.717, 1.165) is 12.0 Å². The van der Waals surface area contributed by atoms with Gasteiger partial charge in [0.25, 0.3) is 0 Å². The molecule has 0 saturated heterocycles. The van der Waals surface area contributed by atoms with Crippen LogP contribution >= 0.6 is 0 Å². The van der Waals surface area contributed by atoms with Crippen LogP contribution in [0.2, 0.25) is 0 Å². The van der Waals surface area contributed by atoms with Crippen LogP contribution in [0.15, 0.2) is 29.2 Å². The van der Waals surface area contributed by atoms with E-state index in [-0.39, 0.29) is 0 Å². The highest BCUT2D eigenvalue weighted by atomic mass is 32.2. The zero-order valence-electron chi connectivity index (χ0n) is 10.0. The van der Waals surface area contributed by atoms with E-state index in [4.69, 9.17) is 0 Å². The molecule has 1 aromatic carbocycles. The first kappa shape index (κ1) is 13.2. The van der Waals surface area contributed by atoms with E-state index >= 15 is 0 Å². The van der Waals surface area contributed by atoms with Crippen LogP contribution in [0.1, 0.15) is 26.3 Å². The van der Waals surface area contributed by atoms with Crippen LogP contribution in [0, 0.1) is 5.92 Å². The quantitative estimate of drug-likeness (QED) is 0.859. The summed E-state index contributed by atoms with van der Waals surface area (Å²) < 4.78 is 26.4. The number of hydrogen-bond acceptors (Lipinski definition) is 2. The molecule has 0 saturated carbocycles. The molecule has 3 nitrogen and oxygen atoms in total. The molecule has 0 aliphatic carbocycles. The number of rotatable bonds is 5. The van der Waals surface area contributed by atoms with E-state index in [1.165, 1.54) is 0 Å². The highest BCUT2D eigenvalue weighted by Gasteiger charge is 2.13. The van der Waals surface area contributed by atoms with Crippen LogP contribution in [-0.4, -0.2) is 15.0 Å². The lowest BCUT2D eigenvalue weighted by Crippen LogP contribution is -2.27. The van der Waals surface area contributed by atoms with Gasteiger partial charge >= 0.3 is 0 Å². The molecular weight excluding hydrogens is 222 g/mol. The third kappa shape index (κ3) is 3.61. The van der Waals surface area contributed by atoms with E-state index in [2.05, 4.69) is 4.72 Å². The van der Waals surface area contributed by atoms with Gasteiger partial charge in [0.15, 0.2) is 0 Å². The first-order valence-electron chi connectivity index (χ1n) is 5.54.